The van der Waals surface area contributed by atoms with Gasteiger partial charge in [0.15, 0.2) is 0 Å². The first-order chi connectivity index (χ1) is 8.69. The monoisotopic (exact) mass is 253 g/mol. The van der Waals surface area contributed by atoms with Crippen LogP contribution in [0.3, 0.4) is 0 Å². The fourth-order valence-electron chi connectivity index (χ4n) is 4.12. The van der Waals surface area contributed by atoms with Gasteiger partial charge in [-0.1, -0.05) is 39.5 Å². The van der Waals surface area contributed by atoms with Gasteiger partial charge in [-0.2, -0.15) is 0 Å². The lowest BCUT2D eigenvalue weighted by molar-refractivity contribution is 0.125. The first-order valence-corrected chi connectivity index (χ1v) is 8.06. The summed E-state index contributed by atoms with van der Waals surface area (Å²) in [7, 11) is 0. The van der Waals surface area contributed by atoms with Crippen LogP contribution in [0.1, 0.15) is 65.2 Å². The summed E-state index contributed by atoms with van der Waals surface area (Å²) >= 11 is 0. The smallest absolute Gasteiger partial charge is 0.0584 e. The van der Waals surface area contributed by atoms with Crippen LogP contribution in [0, 0.1) is 17.8 Å². The molecule has 2 nitrogen and oxygen atoms in total. The van der Waals surface area contributed by atoms with E-state index in [2.05, 4.69) is 19.2 Å². The molecule has 2 N–H and O–H groups in total. The van der Waals surface area contributed by atoms with Gasteiger partial charge in [0.05, 0.1) is 6.61 Å². The van der Waals surface area contributed by atoms with E-state index in [9.17, 15) is 5.11 Å². The van der Waals surface area contributed by atoms with E-state index in [4.69, 9.17) is 0 Å². The van der Waals surface area contributed by atoms with Gasteiger partial charge in [0.1, 0.15) is 0 Å². The molecular weight excluding hydrogens is 222 g/mol. The molecule has 2 rings (SSSR count). The molecule has 0 aromatic carbocycles. The van der Waals surface area contributed by atoms with Gasteiger partial charge in [-0.05, 0) is 43.4 Å². The van der Waals surface area contributed by atoms with Crippen molar-refractivity contribution in [2.24, 2.45) is 17.8 Å². The van der Waals surface area contributed by atoms with Crippen LogP contribution in [0.15, 0.2) is 0 Å². The Bertz CT molecular complexity index is 241. The Morgan fingerprint density at radius 3 is 2.44 bits per heavy atom. The molecule has 4 unspecified atom stereocenters. The van der Waals surface area contributed by atoms with E-state index >= 15 is 0 Å². The molecule has 0 radical (unpaired) electrons. The normalized spacial score (nSPS) is 34.3. The Hall–Kier alpha value is -0.0800. The van der Waals surface area contributed by atoms with Gasteiger partial charge in [-0.25, -0.2) is 0 Å². The number of aliphatic hydroxyl groups is 1. The summed E-state index contributed by atoms with van der Waals surface area (Å²) in [6.45, 7) is 4.77. The van der Waals surface area contributed by atoms with Crippen LogP contribution in [0.4, 0.5) is 0 Å². The summed E-state index contributed by atoms with van der Waals surface area (Å²) in [5.74, 6) is 2.67. The highest BCUT2D eigenvalue weighted by Crippen LogP contribution is 2.40. The Kier molecular flexibility index (Phi) is 5.50. The van der Waals surface area contributed by atoms with Gasteiger partial charge in [0.25, 0.3) is 0 Å². The van der Waals surface area contributed by atoms with Crippen LogP contribution in [0.25, 0.3) is 0 Å². The number of nitrogens with one attached hydrogen (secondary N) is 1. The molecule has 0 aromatic rings. The van der Waals surface area contributed by atoms with Crippen molar-refractivity contribution in [3.05, 3.63) is 0 Å². The lowest BCUT2D eigenvalue weighted by atomic mass is 9.69. The second kappa shape index (κ2) is 6.91. The van der Waals surface area contributed by atoms with E-state index in [1.165, 1.54) is 44.9 Å². The molecule has 2 aliphatic carbocycles. The van der Waals surface area contributed by atoms with Crippen molar-refractivity contribution in [3.8, 4) is 0 Å². The van der Waals surface area contributed by atoms with E-state index in [1.54, 1.807) is 0 Å². The Labute approximate surface area is 113 Å². The topological polar surface area (TPSA) is 32.3 Å². The predicted octanol–water partition coefficient (Wildman–Crippen LogP) is 3.34. The molecule has 0 heterocycles. The highest BCUT2D eigenvalue weighted by atomic mass is 16.3. The van der Waals surface area contributed by atoms with Crippen LogP contribution < -0.4 is 5.32 Å². The summed E-state index contributed by atoms with van der Waals surface area (Å²) in [6, 6.07) is 0.982. The molecular formula is C16H31NO. The van der Waals surface area contributed by atoms with Crippen LogP contribution in [-0.4, -0.2) is 23.8 Å². The molecule has 0 amide bonds. The quantitative estimate of drug-likeness (QED) is 0.787. The highest BCUT2D eigenvalue weighted by Gasteiger charge is 2.32. The maximum absolute atomic E-state index is 9.48. The molecule has 0 aliphatic heterocycles. The maximum Gasteiger partial charge on any atom is 0.0584 e. The molecule has 2 aliphatic rings. The summed E-state index contributed by atoms with van der Waals surface area (Å²) in [4.78, 5) is 0. The third-order valence-corrected chi connectivity index (χ3v) is 4.99. The number of hydrogen-bond donors (Lipinski definition) is 2. The second-order valence-corrected chi connectivity index (χ2v) is 6.99. The zero-order chi connectivity index (χ0) is 13.0. The third-order valence-electron chi connectivity index (χ3n) is 4.99. The van der Waals surface area contributed by atoms with Gasteiger partial charge in [-0.15, -0.1) is 0 Å². The predicted molar refractivity (Wildman–Crippen MR) is 76.6 cm³/mol. The van der Waals surface area contributed by atoms with Crippen molar-refractivity contribution in [2.45, 2.75) is 77.3 Å². The van der Waals surface area contributed by atoms with Crippen LogP contribution in [0.2, 0.25) is 0 Å². The van der Waals surface area contributed by atoms with Crippen molar-refractivity contribution in [3.63, 3.8) is 0 Å². The zero-order valence-electron chi connectivity index (χ0n) is 12.2. The van der Waals surface area contributed by atoms with Gasteiger partial charge in [0.2, 0.25) is 0 Å². The minimum absolute atomic E-state index is 0.294. The minimum Gasteiger partial charge on any atom is -0.395 e. The highest BCUT2D eigenvalue weighted by molar-refractivity contribution is 4.87. The van der Waals surface area contributed by atoms with E-state index in [0.717, 1.165) is 18.3 Å². The zero-order valence-corrected chi connectivity index (χ0v) is 12.2. The first-order valence-electron chi connectivity index (χ1n) is 8.06. The fourth-order valence-corrected chi connectivity index (χ4v) is 4.12. The standard InChI is InChI=1S/C16H31NO/c1-12(2)9-16(11-18)17-15-8-7-13-5-3-4-6-14(13)10-15/h12-18H,3-11H2,1-2H3. The molecule has 4 atom stereocenters. The van der Waals surface area contributed by atoms with E-state index in [0.29, 0.717) is 24.6 Å². The lowest BCUT2D eigenvalue weighted by Gasteiger charge is -2.40. The number of rotatable bonds is 5. The van der Waals surface area contributed by atoms with Gasteiger partial charge >= 0.3 is 0 Å². The van der Waals surface area contributed by atoms with Crippen molar-refractivity contribution in [2.75, 3.05) is 6.61 Å². The third kappa shape index (κ3) is 3.96. The Morgan fingerprint density at radius 1 is 1.06 bits per heavy atom. The number of aliphatic hydroxyl groups excluding tert-OH is 1. The molecule has 18 heavy (non-hydrogen) atoms. The van der Waals surface area contributed by atoms with Gasteiger partial charge < -0.3 is 10.4 Å². The largest absolute Gasteiger partial charge is 0.395 e. The minimum atomic E-state index is 0.294. The van der Waals surface area contributed by atoms with E-state index in [1.807, 2.05) is 0 Å². The summed E-state index contributed by atoms with van der Waals surface area (Å²) < 4.78 is 0. The lowest BCUT2D eigenvalue weighted by Crippen LogP contribution is -2.45. The van der Waals surface area contributed by atoms with E-state index in [-0.39, 0.29) is 0 Å². The number of fused-ring (bicyclic) bond motifs is 1. The Balaban J connectivity index is 1.79. The average Bonchev–Trinajstić information content (AvgIpc) is 2.37. The van der Waals surface area contributed by atoms with Crippen molar-refractivity contribution in [1.29, 1.82) is 0 Å². The molecule has 106 valence electrons. The molecule has 0 saturated heterocycles. The second-order valence-electron chi connectivity index (χ2n) is 6.99. The summed E-state index contributed by atoms with van der Waals surface area (Å²) in [5, 5.41) is 13.2. The van der Waals surface area contributed by atoms with Gasteiger partial charge in [-0.3, -0.25) is 0 Å². The fraction of sp³-hybridized carbons (Fsp3) is 1.00. The van der Waals surface area contributed by atoms with Crippen molar-refractivity contribution < 1.29 is 5.11 Å². The molecule has 2 heteroatoms. The molecule has 2 fully saturated rings. The Morgan fingerprint density at radius 2 is 1.78 bits per heavy atom. The van der Waals surface area contributed by atoms with Crippen LogP contribution in [0.5, 0.6) is 0 Å². The SMILES string of the molecule is CC(C)CC(CO)NC1CCC2CCCCC2C1. The van der Waals surface area contributed by atoms with Gasteiger partial charge in [0, 0.05) is 12.1 Å². The average molecular weight is 253 g/mol. The summed E-state index contributed by atoms with van der Waals surface area (Å²) in [6.07, 6.45) is 11.1. The molecule has 0 spiro atoms. The van der Waals surface area contributed by atoms with Crippen molar-refractivity contribution in [1.82, 2.24) is 5.32 Å². The molecule has 0 bridgehead atoms. The number of hydrogen-bond acceptors (Lipinski definition) is 2. The first kappa shape index (κ1) is 14.3. The van der Waals surface area contributed by atoms with Crippen molar-refractivity contribution >= 4 is 0 Å². The van der Waals surface area contributed by atoms with Crippen LogP contribution in [-0.2, 0) is 0 Å². The van der Waals surface area contributed by atoms with Crippen LogP contribution >= 0.6 is 0 Å². The molecule has 0 aromatic heterocycles. The summed E-state index contributed by atoms with van der Waals surface area (Å²) in [5.41, 5.74) is 0. The molecule has 2 saturated carbocycles. The van der Waals surface area contributed by atoms with E-state index < -0.39 is 0 Å². The maximum atomic E-state index is 9.48.